The number of amides is 2. The summed E-state index contributed by atoms with van der Waals surface area (Å²) in [4.78, 5) is 28.3. The van der Waals surface area contributed by atoms with Crippen LogP contribution in [0.4, 0.5) is 5.69 Å². The van der Waals surface area contributed by atoms with E-state index in [1.807, 2.05) is 0 Å². The van der Waals surface area contributed by atoms with Crippen LogP contribution in [0.2, 0.25) is 5.02 Å². The monoisotopic (exact) mass is 361 g/mol. The molecule has 0 bridgehead atoms. The minimum Gasteiger partial charge on any atom is -0.508 e. The van der Waals surface area contributed by atoms with Crippen molar-refractivity contribution in [2.24, 2.45) is 5.41 Å². The molecule has 132 valence electrons. The Labute approximate surface area is 151 Å². The smallest absolute Gasteiger partial charge is 0.270 e. The molecule has 0 saturated heterocycles. The molecule has 7 heteroatoms. The van der Waals surface area contributed by atoms with E-state index >= 15 is 0 Å². The lowest BCUT2D eigenvalue weighted by molar-refractivity contribution is -0.123. The van der Waals surface area contributed by atoms with Crippen LogP contribution < -0.4 is 10.6 Å². The molecule has 25 heavy (non-hydrogen) atoms. The van der Waals surface area contributed by atoms with E-state index in [2.05, 4.69) is 15.6 Å². The quantitative estimate of drug-likeness (QED) is 0.778. The number of hydrogen-bond acceptors (Lipinski definition) is 4. The van der Waals surface area contributed by atoms with Gasteiger partial charge in [-0.1, -0.05) is 32.4 Å². The van der Waals surface area contributed by atoms with Crippen LogP contribution in [0.5, 0.6) is 5.75 Å². The summed E-state index contributed by atoms with van der Waals surface area (Å²) in [5, 5.41) is 15.6. The number of carbonyl (C=O) groups is 2. The summed E-state index contributed by atoms with van der Waals surface area (Å²) in [6, 6.07) is 7.71. The fourth-order valence-electron chi connectivity index (χ4n) is 1.91. The van der Waals surface area contributed by atoms with Crippen LogP contribution in [0, 0.1) is 5.41 Å². The molecule has 2 aromatic rings. The Kier molecular flexibility index (Phi) is 5.64. The first-order valence-electron chi connectivity index (χ1n) is 7.70. The molecular formula is C18H20ClN3O3. The number of phenols is 1. The first-order valence-corrected chi connectivity index (χ1v) is 8.08. The highest BCUT2D eigenvalue weighted by Gasteiger charge is 2.21. The van der Waals surface area contributed by atoms with Crippen molar-refractivity contribution in [2.45, 2.75) is 27.3 Å². The van der Waals surface area contributed by atoms with Crippen LogP contribution >= 0.6 is 11.6 Å². The standard InChI is InChI=1S/C18H20ClN3O3/c1-18(2,3)17(25)22-13-6-7-20-14(9-13)16(24)21-10-11-8-12(19)4-5-15(11)23/h4-9,23H,10H2,1-3H3,(H,21,24)(H,20,22,25). The van der Waals surface area contributed by atoms with Gasteiger partial charge in [-0.2, -0.15) is 0 Å². The first-order chi connectivity index (χ1) is 11.7. The second-order valence-corrected chi connectivity index (χ2v) is 7.03. The van der Waals surface area contributed by atoms with Gasteiger partial charge in [0.25, 0.3) is 5.91 Å². The van der Waals surface area contributed by atoms with Crippen molar-refractivity contribution in [3.8, 4) is 5.75 Å². The number of nitrogens with one attached hydrogen (secondary N) is 2. The number of phenolic OH excluding ortho intramolecular Hbond substituents is 1. The van der Waals surface area contributed by atoms with Crippen molar-refractivity contribution in [1.82, 2.24) is 10.3 Å². The molecule has 0 atom stereocenters. The predicted octanol–water partition coefficient (Wildman–Crippen LogP) is 3.36. The van der Waals surface area contributed by atoms with Gasteiger partial charge in [0, 0.05) is 34.4 Å². The molecule has 0 fully saturated rings. The average molecular weight is 362 g/mol. The van der Waals surface area contributed by atoms with Gasteiger partial charge in [-0.3, -0.25) is 14.6 Å². The van der Waals surface area contributed by atoms with Gasteiger partial charge in [-0.05, 0) is 30.3 Å². The molecular weight excluding hydrogens is 342 g/mol. The number of pyridine rings is 1. The van der Waals surface area contributed by atoms with E-state index in [1.54, 1.807) is 39.0 Å². The third-order valence-corrected chi connectivity index (χ3v) is 3.65. The molecule has 1 heterocycles. The second kappa shape index (κ2) is 7.53. The van der Waals surface area contributed by atoms with Crippen LogP contribution in [-0.4, -0.2) is 21.9 Å². The molecule has 3 N–H and O–H groups in total. The van der Waals surface area contributed by atoms with Crippen molar-refractivity contribution < 1.29 is 14.7 Å². The molecule has 2 amide bonds. The van der Waals surface area contributed by atoms with Gasteiger partial charge >= 0.3 is 0 Å². The molecule has 1 aromatic carbocycles. The summed E-state index contributed by atoms with van der Waals surface area (Å²) in [5.74, 6) is -0.538. The van der Waals surface area contributed by atoms with Crippen molar-refractivity contribution >= 4 is 29.1 Å². The Morgan fingerprint density at radius 1 is 1.20 bits per heavy atom. The van der Waals surface area contributed by atoms with Gasteiger partial charge in [0.1, 0.15) is 11.4 Å². The number of carbonyl (C=O) groups excluding carboxylic acids is 2. The lowest BCUT2D eigenvalue weighted by Gasteiger charge is -2.17. The molecule has 0 aliphatic carbocycles. The largest absolute Gasteiger partial charge is 0.508 e. The van der Waals surface area contributed by atoms with Crippen molar-refractivity contribution in [2.75, 3.05) is 5.32 Å². The van der Waals surface area contributed by atoms with Gasteiger partial charge in [-0.25, -0.2) is 0 Å². The fraction of sp³-hybridized carbons (Fsp3) is 0.278. The molecule has 0 aliphatic rings. The van der Waals surface area contributed by atoms with Gasteiger partial charge in [-0.15, -0.1) is 0 Å². The SMILES string of the molecule is CC(C)(C)C(=O)Nc1ccnc(C(=O)NCc2cc(Cl)ccc2O)c1. The minimum atomic E-state index is -0.546. The highest BCUT2D eigenvalue weighted by Crippen LogP contribution is 2.21. The van der Waals surface area contributed by atoms with Crippen molar-refractivity contribution in [1.29, 1.82) is 0 Å². The van der Waals surface area contributed by atoms with Gasteiger partial charge in [0.05, 0.1) is 0 Å². The van der Waals surface area contributed by atoms with E-state index in [4.69, 9.17) is 11.6 Å². The Bertz CT molecular complexity index is 800. The zero-order valence-corrected chi connectivity index (χ0v) is 15.0. The summed E-state index contributed by atoms with van der Waals surface area (Å²) < 4.78 is 0. The summed E-state index contributed by atoms with van der Waals surface area (Å²) in [5.41, 5.74) is 0.604. The van der Waals surface area contributed by atoms with Crippen LogP contribution in [0.3, 0.4) is 0 Å². The molecule has 0 unspecified atom stereocenters. The van der Waals surface area contributed by atoms with Crippen LogP contribution in [0.25, 0.3) is 0 Å². The van der Waals surface area contributed by atoms with E-state index in [1.165, 1.54) is 18.3 Å². The number of hydrogen-bond donors (Lipinski definition) is 3. The Balaban J connectivity index is 2.06. The van der Waals surface area contributed by atoms with Gasteiger partial charge < -0.3 is 15.7 Å². The van der Waals surface area contributed by atoms with Gasteiger partial charge in [0.2, 0.25) is 5.91 Å². The Morgan fingerprint density at radius 2 is 1.92 bits per heavy atom. The summed E-state index contributed by atoms with van der Waals surface area (Å²) in [6.07, 6.45) is 1.45. The normalized spacial score (nSPS) is 11.0. The summed E-state index contributed by atoms with van der Waals surface area (Å²) >= 11 is 5.88. The lowest BCUT2D eigenvalue weighted by Crippen LogP contribution is -2.28. The zero-order valence-electron chi connectivity index (χ0n) is 14.3. The predicted molar refractivity (Wildman–Crippen MR) is 96.6 cm³/mol. The van der Waals surface area contributed by atoms with E-state index in [0.29, 0.717) is 16.3 Å². The van der Waals surface area contributed by atoms with E-state index in [-0.39, 0.29) is 23.9 Å². The maximum atomic E-state index is 12.2. The lowest BCUT2D eigenvalue weighted by atomic mass is 9.95. The molecule has 0 aliphatic heterocycles. The second-order valence-electron chi connectivity index (χ2n) is 6.59. The number of nitrogens with zero attached hydrogens (tertiary/aromatic N) is 1. The van der Waals surface area contributed by atoms with E-state index in [9.17, 15) is 14.7 Å². The third-order valence-electron chi connectivity index (χ3n) is 3.41. The molecule has 6 nitrogen and oxygen atoms in total. The number of anilines is 1. The van der Waals surface area contributed by atoms with Crippen LogP contribution in [-0.2, 0) is 11.3 Å². The first kappa shape index (κ1) is 18.7. The summed E-state index contributed by atoms with van der Waals surface area (Å²) in [6.45, 7) is 5.50. The number of aromatic hydroxyl groups is 1. The van der Waals surface area contributed by atoms with Crippen molar-refractivity contribution in [3.05, 3.63) is 52.8 Å². The molecule has 1 aromatic heterocycles. The Hall–Kier alpha value is -2.60. The van der Waals surface area contributed by atoms with Gasteiger partial charge in [0.15, 0.2) is 0 Å². The molecule has 0 radical (unpaired) electrons. The number of halogens is 1. The number of aromatic nitrogens is 1. The maximum Gasteiger partial charge on any atom is 0.270 e. The van der Waals surface area contributed by atoms with Crippen LogP contribution in [0.1, 0.15) is 36.8 Å². The van der Waals surface area contributed by atoms with Crippen molar-refractivity contribution in [3.63, 3.8) is 0 Å². The minimum absolute atomic E-state index is 0.0452. The zero-order chi connectivity index (χ0) is 18.6. The molecule has 2 rings (SSSR count). The topological polar surface area (TPSA) is 91.3 Å². The number of rotatable bonds is 4. The maximum absolute atomic E-state index is 12.2. The van der Waals surface area contributed by atoms with E-state index in [0.717, 1.165) is 0 Å². The van der Waals surface area contributed by atoms with E-state index < -0.39 is 11.3 Å². The third kappa shape index (κ3) is 5.19. The highest BCUT2D eigenvalue weighted by atomic mass is 35.5. The average Bonchev–Trinajstić information content (AvgIpc) is 2.54. The molecule has 0 saturated carbocycles. The highest BCUT2D eigenvalue weighted by molar-refractivity contribution is 6.30. The molecule has 0 spiro atoms. The Morgan fingerprint density at radius 3 is 2.60 bits per heavy atom. The summed E-state index contributed by atoms with van der Waals surface area (Å²) in [7, 11) is 0. The van der Waals surface area contributed by atoms with Crippen LogP contribution in [0.15, 0.2) is 36.5 Å². The number of benzene rings is 1. The fourth-order valence-corrected chi connectivity index (χ4v) is 2.11.